The molecular weight excluding hydrogens is 240 g/mol. The Morgan fingerprint density at radius 3 is 2.74 bits per heavy atom. The van der Waals surface area contributed by atoms with Gasteiger partial charge in [-0.1, -0.05) is 18.2 Å². The Balaban J connectivity index is 1.83. The number of hydrogen-bond acceptors (Lipinski definition) is 3. The molecule has 3 rings (SSSR count). The lowest BCUT2D eigenvalue weighted by atomic mass is 9.86. The van der Waals surface area contributed by atoms with Crippen molar-refractivity contribution in [2.75, 3.05) is 13.4 Å². The van der Waals surface area contributed by atoms with Crippen LogP contribution in [0.5, 0.6) is 5.75 Å². The average Bonchev–Trinajstić information content (AvgIpc) is 2.80. The van der Waals surface area contributed by atoms with Crippen LogP contribution in [0.1, 0.15) is 25.8 Å². The molecule has 1 heterocycles. The smallest absolute Gasteiger partial charge is 0.189 e. The Bertz CT molecular complexity index is 527. The van der Waals surface area contributed by atoms with Gasteiger partial charge in [-0.3, -0.25) is 0 Å². The Kier molecular flexibility index (Phi) is 3.07. The maximum absolute atomic E-state index is 5.70. The van der Waals surface area contributed by atoms with Crippen LogP contribution < -0.4 is 4.74 Å². The minimum atomic E-state index is -0.303. The van der Waals surface area contributed by atoms with Crippen LogP contribution in [0.25, 0.3) is 5.57 Å². The summed E-state index contributed by atoms with van der Waals surface area (Å²) in [7, 11) is 0. The average molecular weight is 258 g/mol. The monoisotopic (exact) mass is 258 g/mol. The van der Waals surface area contributed by atoms with Crippen LogP contribution in [0.2, 0.25) is 0 Å². The summed E-state index contributed by atoms with van der Waals surface area (Å²) in [5.74, 6) is 1.84. The van der Waals surface area contributed by atoms with Crippen molar-refractivity contribution >= 4 is 5.57 Å². The minimum absolute atomic E-state index is 0.303. The highest BCUT2D eigenvalue weighted by molar-refractivity contribution is 5.70. The van der Waals surface area contributed by atoms with Gasteiger partial charge >= 0.3 is 0 Å². The number of rotatable bonds is 3. The third-order valence-corrected chi connectivity index (χ3v) is 3.61. The SMILES string of the molecule is CCOc1ccc(C2=CC=C3OCOC3(C)C2)cc1. The second kappa shape index (κ2) is 4.74. The number of benzene rings is 1. The molecular formula is C16H18O3. The van der Waals surface area contributed by atoms with Crippen molar-refractivity contribution in [3.63, 3.8) is 0 Å². The van der Waals surface area contributed by atoms with Crippen LogP contribution in [0.4, 0.5) is 0 Å². The summed E-state index contributed by atoms with van der Waals surface area (Å²) in [5.41, 5.74) is 2.16. The zero-order valence-electron chi connectivity index (χ0n) is 11.3. The first kappa shape index (κ1) is 12.3. The predicted molar refractivity (Wildman–Crippen MR) is 73.7 cm³/mol. The molecule has 0 aromatic heterocycles. The number of ether oxygens (including phenoxy) is 3. The number of allylic oxidation sites excluding steroid dienone is 2. The van der Waals surface area contributed by atoms with Crippen molar-refractivity contribution in [2.45, 2.75) is 25.9 Å². The van der Waals surface area contributed by atoms with Crippen LogP contribution in [-0.2, 0) is 9.47 Å². The van der Waals surface area contributed by atoms with Crippen molar-refractivity contribution < 1.29 is 14.2 Å². The third kappa shape index (κ3) is 2.26. The Labute approximate surface area is 113 Å². The van der Waals surface area contributed by atoms with Gasteiger partial charge in [-0.25, -0.2) is 0 Å². The summed E-state index contributed by atoms with van der Waals surface area (Å²) in [4.78, 5) is 0. The highest BCUT2D eigenvalue weighted by Crippen LogP contribution is 2.40. The maximum Gasteiger partial charge on any atom is 0.189 e. The van der Waals surface area contributed by atoms with E-state index in [9.17, 15) is 0 Å². The summed E-state index contributed by atoms with van der Waals surface area (Å²) in [6.45, 7) is 5.11. The van der Waals surface area contributed by atoms with Crippen LogP contribution in [0.3, 0.4) is 0 Å². The highest BCUT2D eigenvalue weighted by Gasteiger charge is 2.39. The summed E-state index contributed by atoms with van der Waals surface area (Å²) in [6, 6.07) is 8.20. The normalized spacial score (nSPS) is 25.2. The fourth-order valence-electron chi connectivity index (χ4n) is 2.54. The molecule has 3 heteroatoms. The zero-order chi connectivity index (χ0) is 13.3. The summed E-state index contributed by atoms with van der Waals surface area (Å²) in [6.07, 6.45) is 4.97. The van der Waals surface area contributed by atoms with E-state index in [4.69, 9.17) is 14.2 Å². The van der Waals surface area contributed by atoms with Crippen molar-refractivity contribution in [1.82, 2.24) is 0 Å². The van der Waals surface area contributed by atoms with Gasteiger partial charge in [0.1, 0.15) is 17.1 Å². The van der Waals surface area contributed by atoms with E-state index in [1.807, 2.05) is 25.1 Å². The Hall–Kier alpha value is -1.74. The molecule has 0 spiro atoms. The first-order chi connectivity index (χ1) is 9.21. The fourth-order valence-corrected chi connectivity index (χ4v) is 2.54. The van der Waals surface area contributed by atoms with E-state index in [0.29, 0.717) is 13.4 Å². The van der Waals surface area contributed by atoms with Gasteiger partial charge in [0, 0.05) is 6.42 Å². The molecule has 1 unspecified atom stereocenters. The molecule has 3 nitrogen and oxygen atoms in total. The fraction of sp³-hybridized carbons (Fsp3) is 0.375. The van der Waals surface area contributed by atoms with Gasteiger partial charge in [0.2, 0.25) is 0 Å². The lowest BCUT2D eigenvalue weighted by molar-refractivity contribution is 0.00516. The molecule has 1 saturated heterocycles. The quantitative estimate of drug-likeness (QED) is 0.830. The van der Waals surface area contributed by atoms with E-state index >= 15 is 0 Å². The molecule has 2 aliphatic rings. The Morgan fingerprint density at radius 1 is 1.21 bits per heavy atom. The molecule has 1 fully saturated rings. The predicted octanol–water partition coefficient (Wildman–Crippen LogP) is 3.52. The first-order valence-corrected chi connectivity index (χ1v) is 6.62. The second-order valence-electron chi connectivity index (χ2n) is 4.99. The van der Waals surface area contributed by atoms with E-state index in [2.05, 4.69) is 25.1 Å². The van der Waals surface area contributed by atoms with Gasteiger partial charge in [-0.15, -0.1) is 0 Å². The molecule has 0 amide bonds. The van der Waals surface area contributed by atoms with Gasteiger partial charge in [0.15, 0.2) is 6.79 Å². The standard InChI is InChI=1S/C16H18O3/c1-3-17-14-7-4-12(5-8-14)13-6-9-15-16(2,10-13)19-11-18-15/h4-9H,3,10-11H2,1-2H3. The zero-order valence-corrected chi connectivity index (χ0v) is 11.3. The summed E-state index contributed by atoms with van der Waals surface area (Å²) in [5, 5.41) is 0. The van der Waals surface area contributed by atoms with Crippen LogP contribution in [0, 0.1) is 0 Å². The molecule has 1 aliphatic carbocycles. The van der Waals surface area contributed by atoms with Gasteiger partial charge < -0.3 is 14.2 Å². The maximum atomic E-state index is 5.70. The molecule has 0 radical (unpaired) electrons. The van der Waals surface area contributed by atoms with Crippen molar-refractivity contribution in [2.24, 2.45) is 0 Å². The van der Waals surface area contributed by atoms with Crippen LogP contribution in [-0.4, -0.2) is 19.0 Å². The topological polar surface area (TPSA) is 27.7 Å². The van der Waals surface area contributed by atoms with Crippen molar-refractivity contribution in [3.05, 3.63) is 47.7 Å². The van der Waals surface area contributed by atoms with Gasteiger partial charge in [-0.05, 0) is 43.2 Å². The van der Waals surface area contributed by atoms with Gasteiger partial charge in [0.05, 0.1) is 6.61 Å². The largest absolute Gasteiger partial charge is 0.494 e. The molecule has 1 aliphatic heterocycles. The van der Waals surface area contributed by atoms with Gasteiger partial charge in [-0.2, -0.15) is 0 Å². The van der Waals surface area contributed by atoms with E-state index in [-0.39, 0.29) is 5.60 Å². The molecule has 0 bridgehead atoms. The molecule has 1 atom stereocenters. The number of fused-ring (bicyclic) bond motifs is 1. The lowest BCUT2D eigenvalue weighted by Crippen LogP contribution is -2.27. The molecule has 1 aromatic rings. The summed E-state index contributed by atoms with van der Waals surface area (Å²) >= 11 is 0. The first-order valence-electron chi connectivity index (χ1n) is 6.62. The van der Waals surface area contributed by atoms with Crippen molar-refractivity contribution in [3.8, 4) is 5.75 Å². The third-order valence-electron chi connectivity index (χ3n) is 3.61. The highest BCUT2D eigenvalue weighted by atomic mass is 16.7. The molecule has 100 valence electrons. The molecule has 19 heavy (non-hydrogen) atoms. The number of hydrogen-bond donors (Lipinski definition) is 0. The molecule has 1 aromatic carbocycles. The Morgan fingerprint density at radius 2 is 2.00 bits per heavy atom. The van der Waals surface area contributed by atoms with Crippen LogP contribution >= 0.6 is 0 Å². The van der Waals surface area contributed by atoms with E-state index in [1.165, 1.54) is 11.1 Å². The van der Waals surface area contributed by atoms with E-state index in [1.54, 1.807) is 0 Å². The van der Waals surface area contributed by atoms with E-state index in [0.717, 1.165) is 17.9 Å². The minimum Gasteiger partial charge on any atom is -0.494 e. The van der Waals surface area contributed by atoms with Crippen molar-refractivity contribution in [1.29, 1.82) is 0 Å². The second-order valence-corrected chi connectivity index (χ2v) is 4.99. The van der Waals surface area contributed by atoms with E-state index < -0.39 is 0 Å². The summed E-state index contributed by atoms with van der Waals surface area (Å²) < 4.78 is 16.6. The molecule has 0 N–H and O–H groups in total. The molecule has 0 saturated carbocycles. The van der Waals surface area contributed by atoms with Crippen LogP contribution in [0.15, 0.2) is 42.2 Å². The van der Waals surface area contributed by atoms with Gasteiger partial charge in [0.25, 0.3) is 0 Å². The lowest BCUT2D eigenvalue weighted by Gasteiger charge is -2.26.